The smallest absolute Gasteiger partial charge is 0.341 e. The number of hydrogen-bond acceptors (Lipinski definition) is 9. The van der Waals surface area contributed by atoms with Gasteiger partial charge >= 0.3 is 11.9 Å². The first-order chi connectivity index (χ1) is 17.0. The second kappa shape index (κ2) is 10.9. The average Bonchev–Trinajstić information content (AvgIpc) is 3.37. The van der Waals surface area contributed by atoms with E-state index in [1.54, 1.807) is 31.4 Å². The van der Waals surface area contributed by atoms with Crippen molar-refractivity contribution in [3.05, 3.63) is 90.0 Å². The van der Waals surface area contributed by atoms with E-state index >= 15 is 0 Å². The lowest BCUT2D eigenvalue weighted by Crippen LogP contribution is -2.05. The van der Waals surface area contributed by atoms with Gasteiger partial charge in [-0.15, -0.1) is 0 Å². The van der Waals surface area contributed by atoms with Gasteiger partial charge in [0.05, 0.1) is 31.3 Å². The summed E-state index contributed by atoms with van der Waals surface area (Å²) in [7, 11) is 1.61. The minimum Gasteiger partial charge on any atom is -0.497 e. The van der Waals surface area contributed by atoms with Crippen LogP contribution in [0.3, 0.4) is 0 Å². The molecule has 0 saturated carbocycles. The fourth-order valence-corrected chi connectivity index (χ4v) is 3.02. The van der Waals surface area contributed by atoms with Gasteiger partial charge in [-0.3, -0.25) is 4.79 Å². The number of benzene rings is 2. The topological polar surface area (TPSA) is 115 Å². The van der Waals surface area contributed by atoms with Crippen LogP contribution in [0.25, 0.3) is 5.95 Å². The van der Waals surface area contributed by atoms with Gasteiger partial charge in [-0.1, -0.05) is 24.3 Å². The third-order valence-corrected chi connectivity index (χ3v) is 4.73. The van der Waals surface area contributed by atoms with E-state index in [2.05, 4.69) is 15.1 Å². The highest BCUT2D eigenvalue weighted by molar-refractivity contribution is 5.88. The summed E-state index contributed by atoms with van der Waals surface area (Å²) in [6.45, 7) is 1.72. The van der Waals surface area contributed by atoms with E-state index in [0.29, 0.717) is 18.1 Å². The molecule has 0 aliphatic rings. The number of aromatic nitrogens is 4. The Morgan fingerprint density at radius 3 is 2.37 bits per heavy atom. The van der Waals surface area contributed by atoms with Crippen LogP contribution >= 0.6 is 0 Å². The number of rotatable bonds is 9. The molecule has 178 valence electrons. The number of methoxy groups -OCH3 is 1. The van der Waals surface area contributed by atoms with Crippen LogP contribution in [-0.2, 0) is 22.7 Å². The predicted molar refractivity (Wildman–Crippen MR) is 123 cm³/mol. The maximum Gasteiger partial charge on any atom is 0.341 e. The van der Waals surface area contributed by atoms with E-state index in [9.17, 15) is 9.59 Å². The van der Waals surface area contributed by atoms with Crippen molar-refractivity contribution in [2.75, 3.05) is 7.11 Å². The second-order valence-corrected chi connectivity index (χ2v) is 7.35. The van der Waals surface area contributed by atoms with Gasteiger partial charge in [0.15, 0.2) is 5.75 Å². The van der Waals surface area contributed by atoms with E-state index in [1.165, 1.54) is 36.4 Å². The second-order valence-electron chi connectivity index (χ2n) is 7.35. The Bertz CT molecular complexity index is 1300. The van der Waals surface area contributed by atoms with Gasteiger partial charge in [-0.2, -0.15) is 5.10 Å². The first-order valence-corrected chi connectivity index (χ1v) is 10.6. The van der Waals surface area contributed by atoms with Crippen LogP contribution in [0.1, 0.15) is 28.4 Å². The van der Waals surface area contributed by atoms with E-state index in [-0.39, 0.29) is 18.1 Å². The van der Waals surface area contributed by atoms with Crippen LogP contribution in [0.2, 0.25) is 0 Å². The molecule has 0 unspecified atom stereocenters. The first kappa shape index (κ1) is 23.4. The summed E-state index contributed by atoms with van der Waals surface area (Å²) in [5.74, 6) is 0.995. The highest BCUT2D eigenvalue weighted by Crippen LogP contribution is 2.17. The highest BCUT2D eigenvalue weighted by Gasteiger charge is 2.13. The number of carbonyl (C=O) groups is 2. The lowest BCUT2D eigenvalue weighted by atomic mass is 10.2. The normalized spacial score (nSPS) is 10.5. The lowest BCUT2D eigenvalue weighted by molar-refractivity contribution is -0.131. The van der Waals surface area contributed by atoms with Crippen molar-refractivity contribution in [2.45, 2.75) is 20.1 Å². The molecule has 4 aromatic rings. The Morgan fingerprint density at radius 2 is 1.66 bits per heavy atom. The zero-order valence-electron chi connectivity index (χ0n) is 19.1. The molecular weight excluding hydrogens is 452 g/mol. The van der Waals surface area contributed by atoms with Gasteiger partial charge in [0, 0.05) is 13.1 Å². The Labute approximate surface area is 201 Å². The quantitative estimate of drug-likeness (QED) is 0.265. The van der Waals surface area contributed by atoms with Gasteiger partial charge < -0.3 is 18.9 Å². The minimum atomic E-state index is -0.543. The molecule has 4 rings (SSSR count). The number of ether oxygens (including phenoxy) is 4. The molecule has 0 atom stereocenters. The van der Waals surface area contributed by atoms with Gasteiger partial charge in [0.1, 0.15) is 24.7 Å². The van der Waals surface area contributed by atoms with Crippen LogP contribution in [0.4, 0.5) is 0 Å². The molecule has 10 nitrogen and oxygen atoms in total. The van der Waals surface area contributed by atoms with Crippen LogP contribution in [0.15, 0.2) is 73.3 Å². The van der Waals surface area contributed by atoms with Crippen molar-refractivity contribution < 1.29 is 28.5 Å². The summed E-state index contributed by atoms with van der Waals surface area (Å²) in [6, 6.07) is 14.2. The zero-order chi connectivity index (χ0) is 24.6. The van der Waals surface area contributed by atoms with Crippen molar-refractivity contribution in [3.8, 4) is 23.2 Å². The molecule has 2 aromatic carbocycles. The highest BCUT2D eigenvalue weighted by atomic mass is 16.5. The maximum atomic E-state index is 12.4. The average molecular weight is 474 g/mol. The van der Waals surface area contributed by atoms with Gasteiger partial charge in [-0.05, 0) is 35.4 Å². The zero-order valence-corrected chi connectivity index (χ0v) is 19.1. The standard InChI is InChI=1S/C25H22N4O6/c1-17(30)35-21-8-6-18(7-9-21)15-34-24(31)20-11-28-29(14-20)25-26-12-23(13-27-25)33-16-19-4-3-5-22(10-19)32-2/h3-14H,15-16H2,1-2H3. The van der Waals surface area contributed by atoms with Crippen molar-refractivity contribution in [1.82, 2.24) is 19.7 Å². The fourth-order valence-electron chi connectivity index (χ4n) is 3.02. The van der Waals surface area contributed by atoms with Gasteiger partial charge in [0.2, 0.25) is 0 Å². The molecule has 0 fully saturated rings. The molecule has 0 aliphatic heterocycles. The monoisotopic (exact) mass is 474 g/mol. The summed E-state index contributed by atoms with van der Waals surface area (Å²) < 4.78 is 22.6. The molecule has 2 aromatic heterocycles. The molecule has 0 spiro atoms. The third kappa shape index (κ3) is 6.41. The SMILES string of the molecule is COc1cccc(COc2cnc(-n3cc(C(=O)OCc4ccc(OC(C)=O)cc4)cn3)nc2)c1. The number of esters is 2. The molecular formula is C25H22N4O6. The van der Waals surface area contributed by atoms with Crippen LogP contribution in [0.5, 0.6) is 17.2 Å². The molecule has 10 heteroatoms. The molecule has 35 heavy (non-hydrogen) atoms. The summed E-state index contributed by atoms with van der Waals surface area (Å²) in [6.07, 6.45) is 5.92. The van der Waals surface area contributed by atoms with E-state index in [0.717, 1.165) is 16.9 Å². The van der Waals surface area contributed by atoms with Crippen molar-refractivity contribution >= 4 is 11.9 Å². The summed E-state index contributed by atoms with van der Waals surface area (Å²) in [4.78, 5) is 31.8. The van der Waals surface area contributed by atoms with E-state index in [4.69, 9.17) is 18.9 Å². The first-order valence-electron chi connectivity index (χ1n) is 10.6. The molecule has 0 amide bonds. The lowest BCUT2D eigenvalue weighted by Gasteiger charge is -2.07. The van der Waals surface area contributed by atoms with Gasteiger partial charge in [0.25, 0.3) is 5.95 Å². The molecule has 0 bridgehead atoms. The third-order valence-electron chi connectivity index (χ3n) is 4.73. The Morgan fingerprint density at radius 1 is 0.886 bits per heavy atom. The molecule has 0 N–H and O–H groups in total. The summed E-state index contributed by atoms with van der Waals surface area (Å²) in [5.41, 5.74) is 1.95. The maximum absolute atomic E-state index is 12.4. The predicted octanol–water partition coefficient (Wildman–Crippen LogP) is 3.53. The van der Waals surface area contributed by atoms with E-state index in [1.807, 2.05) is 24.3 Å². The Hall–Kier alpha value is -4.73. The van der Waals surface area contributed by atoms with Crippen molar-refractivity contribution in [3.63, 3.8) is 0 Å². The van der Waals surface area contributed by atoms with Crippen molar-refractivity contribution in [1.29, 1.82) is 0 Å². The van der Waals surface area contributed by atoms with Crippen LogP contribution in [0, 0.1) is 0 Å². The Kier molecular flexibility index (Phi) is 7.31. The number of carbonyl (C=O) groups excluding carboxylic acids is 2. The molecule has 0 aliphatic carbocycles. The number of nitrogens with zero attached hydrogens (tertiary/aromatic N) is 4. The van der Waals surface area contributed by atoms with Crippen LogP contribution < -0.4 is 14.2 Å². The summed E-state index contributed by atoms with van der Waals surface area (Å²) >= 11 is 0. The largest absolute Gasteiger partial charge is 0.497 e. The molecule has 2 heterocycles. The van der Waals surface area contributed by atoms with Gasteiger partial charge in [-0.25, -0.2) is 19.4 Å². The fraction of sp³-hybridized carbons (Fsp3) is 0.160. The molecule has 0 radical (unpaired) electrons. The Balaban J connectivity index is 1.31. The number of hydrogen-bond donors (Lipinski definition) is 0. The molecule has 0 saturated heterocycles. The van der Waals surface area contributed by atoms with Crippen LogP contribution in [-0.4, -0.2) is 38.8 Å². The summed E-state index contributed by atoms with van der Waals surface area (Å²) in [5, 5.41) is 4.13. The van der Waals surface area contributed by atoms with Crippen molar-refractivity contribution in [2.24, 2.45) is 0 Å². The minimum absolute atomic E-state index is 0.0557. The van der Waals surface area contributed by atoms with E-state index < -0.39 is 11.9 Å².